The van der Waals surface area contributed by atoms with Crippen LogP contribution >= 0.6 is 11.3 Å². The van der Waals surface area contributed by atoms with E-state index >= 15 is 0 Å². The summed E-state index contributed by atoms with van der Waals surface area (Å²) in [4.78, 5) is 27.2. The van der Waals surface area contributed by atoms with Crippen molar-refractivity contribution in [3.8, 4) is 0 Å². The summed E-state index contributed by atoms with van der Waals surface area (Å²) in [5, 5.41) is 15.4. The number of benzene rings is 2. The van der Waals surface area contributed by atoms with Crippen molar-refractivity contribution in [2.75, 3.05) is 23.7 Å². The number of hydrogen-bond acceptors (Lipinski definition) is 5. The summed E-state index contributed by atoms with van der Waals surface area (Å²) < 4.78 is 0. The number of aromatic nitrogens is 2. The van der Waals surface area contributed by atoms with E-state index in [9.17, 15) is 9.59 Å². The van der Waals surface area contributed by atoms with Crippen molar-refractivity contribution in [1.29, 1.82) is 0 Å². The van der Waals surface area contributed by atoms with Crippen LogP contribution in [0.15, 0.2) is 48.5 Å². The van der Waals surface area contributed by atoms with E-state index in [-0.39, 0.29) is 17.9 Å². The van der Waals surface area contributed by atoms with Gasteiger partial charge >= 0.3 is 6.03 Å². The van der Waals surface area contributed by atoms with Crippen molar-refractivity contribution in [3.05, 3.63) is 69.7 Å². The Kier molecular flexibility index (Phi) is 6.80. The smallest absolute Gasteiger partial charge is 0.321 e. The third kappa shape index (κ3) is 5.13. The molecule has 8 heteroatoms. The molecule has 0 spiro atoms. The van der Waals surface area contributed by atoms with Crippen LogP contribution in [0.25, 0.3) is 0 Å². The number of aryl methyl sites for hydroxylation is 2. The Labute approximate surface area is 191 Å². The van der Waals surface area contributed by atoms with Gasteiger partial charge < -0.3 is 15.5 Å². The molecule has 1 unspecified atom stereocenters. The Hall–Kier alpha value is -3.26. The van der Waals surface area contributed by atoms with Crippen LogP contribution in [0.1, 0.15) is 51.6 Å². The van der Waals surface area contributed by atoms with Crippen molar-refractivity contribution in [2.45, 2.75) is 39.0 Å². The Bertz CT molecular complexity index is 1100. The lowest BCUT2D eigenvalue weighted by atomic mass is 9.99. The fourth-order valence-electron chi connectivity index (χ4n) is 3.77. The largest absolute Gasteiger partial charge is 0.324 e. The highest BCUT2D eigenvalue weighted by atomic mass is 32.1. The van der Waals surface area contributed by atoms with Gasteiger partial charge in [-0.15, -0.1) is 10.2 Å². The standard InChI is InChI=1S/C24H27N5O2S/c1-3-17-10-12-19(13-11-17)25-24(31)29-14-6-8-18(15-29)22-27-28-23(32-22)21(30)26-20-9-5-4-7-16(20)2/h4-5,7,9-13,18H,3,6,8,14-15H2,1-2H3,(H,25,31)(H,26,30). The SMILES string of the molecule is CCc1ccc(NC(=O)N2CCCC(c3nnc(C(=O)Nc4ccccc4C)s3)C2)cc1. The molecule has 3 aromatic rings. The highest BCUT2D eigenvalue weighted by Gasteiger charge is 2.28. The molecule has 2 heterocycles. The molecule has 1 aromatic heterocycles. The van der Waals surface area contributed by atoms with E-state index in [1.807, 2.05) is 60.4 Å². The molecule has 4 rings (SSSR count). The van der Waals surface area contributed by atoms with Gasteiger partial charge in [-0.2, -0.15) is 0 Å². The van der Waals surface area contributed by atoms with E-state index in [4.69, 9.17) is 0 Å². The Morgan fingerprint density at radius 3 is 2.62 bits per heavy atom. The molecule has 0 radical (unpaired) electrons. The molecule has 7 nitrogen and oxygen atoms in total. The van der Waals surface area contributed by atoms with Crippen LogP contribution in [0.3, 0.4) is 0 Å². The summed E-state index contributed by atoms with van der Waals surface area (Å²) in [5.74, 6) is -0.182. The number of carbonyl (C=O) groups excluding carboxylic acids is 2. The number of para-hydroxylation sites is 1. The second-order valence-corrected chi connectivity index (χ2v) is 8.99. The zero-order valence-electron chi connectivity index (χ0n) is 18.3. The lowest BCUT2D eigenvalue weighted by Gasteiger charge is -2.31. The predicted molar refractivity (Wildman–Crippen MR) is 127 cm³/mol. The van der Waals surface area contributed by atoms with Crippen LogP contribution in [0.2, 0.25) is 0 Å². The van der Waals surface area contributed by atoms with Crippen LogP contribution < -0.4 is 10.6 Å². The van der Waals surface area contributed by atoms with Crippen molar-refractivity contribution >= 4 is 34.6 Å². The van der Waals surface area contributed by atoms with Gasteiger partial charge in [-0.1, -0.05) is 48.6 Å². The van der Waals surface area contributed by atoms with E-state index in [0.717, 1.165) is 41.2 Å². The summed E-state index contributed by atoms with van der Waals surface area (Å²) in [5.41, 5.74) is 3.78. The van der Waals surface area contributed by atoms with Gasteiger partial charge in [0.25, 0.3) is 5.91 Å². The molecule has 2 aromatic carbocycles. The number of piperidine rings is 1. The van der Waals surface area contributed by atoms with Crippen LogP contribution in [0.4, 0.5) is 16.2 Å². The first-order valence-corrected chi connectivity index (χ1v) is 11.7. The maximum Gasteiger partial charge on any atom is 0.321 e. The lowest BCUT2D eigenvalue weighted by Crippen LogP contribution is -2.41. The summed E-state index contributed by atoms with van der Waals surface area (Å²) in [6, 6.07) is 15.4. The van der Waals surface area contributed by atoms with Gasteiger partial charge in [0, 0.05) is 30.4 Å². The summed E-state index contributed by atoms with van der Waals surface area (Å²) in [6.07, 6.45) is 2.77. The van der Waals surface area contributed by atoms with E-state index in [1.165, 1.54) is 16.9 Å². The number of rotatable bonds is 5. The average Bonchev–Trinajstić information content (AvgIpc) is 3.32. The fourth-order valence-corrected chi connectivity index (χ4v) is 4.63. The first-order chi connectivity index (χ1) is 15.5. The van der Waals surface area contributed by atoms with Gasteiger partial charge in [0.1, 0.15) is 5.01 Å². The maximum absolute atomic E-state index is 12.8. The second-order valence-electron chi connectivity index (χ2n) is 7.98. The third-order valence-electron chi connectivity index (χ3n) is 5.70. The van der Waals surface area contributed by atoms with Crippen molar-refractivity contribution in [3.63, 3.8) is 0 Å². The zero-order valence-corrected chi connectivity index (χ0v) is 19.1. The van der Waals surface area contributed by atoms with Gasteiger partial charge in [0.05, 0.1) is 0 Å². The average molecular weight is 450 g/mol. The monoisotopic (exact) mass is 449 g/mol. The van der Waals surface area contributed by atoms with Crippen LogP contribution in [0, 0.1) is 6.92 Å². The summed E-state index contributed by atoms with van der Waals surface area (Å²) in [6.45, 7) is 5.31. The number of amides is 3. The minimum atomic E-state index is -0.260. The molecule has 2 N–H and O–H groups in total. The Morgan fingerprint density at radius 1 is 1.09 bits per heavy atom. The molecule has 0 bridgehead atoms. The molecule has 0 aliphatic carbocycles. The number of carbonyl (C=O) groups is 2. The number of nitrogens with one attached hydrogen (secondary N) is 2. The predicted octanol–water partition coefficient (Wildman–Crippen LogP) is 5.07. The van der Waals surface area contributed by atoms with E-state index in [0.29, 0.717) is 18.1 Å². The molecule has 0 saturated carbocycles. The molecular formula is C24H27N5O2S. The number of nitrogens with zero attached hydrogens (tertiary/aromatic N) is 3. The zero-order chi connectivity index (χ0) is 22.5. The molecule has 1 aliphatic rings. The molecule has 3 amide bonds. The van der Waals surface area contributed by atoms with Gasteiger partial charge in [0.15, 0.2) is 0 Å². The van der Waals surface area contributed by atoms with Crippen molar-refractivity contribution < 1.29 is 9.59 Å². The van der Waals surface area contributed by atoms with Gasteiger partial charge in [-0.05, 0) is 55.5 Å². The van der Waals surface area contributed by atoms with Crippen LogP contribution in [-0.2, 0) is 6.42 Å². The molecular weight excluding hydrogens is 422 g/mol. The second kappa shape index (κ2) is 9.91. The number of anilines is 2. The minimum Gasteiger partial charge on any atom is -0.324 e. The molecule has 166 valence electrons. The van der Waals surface area contributed by atoms with E-state index in [2.05, 4.69) is 27.8 Å². The minimum absolute atomic E-state index is 0.0782. The fraction of sp³-hybridized carbons (Fsp3) is 0.333. The summed E-state index contributed by atoms with van der Waals surface area (Å²) in [7, 11) is 0. The maximum atomic E-state index is 12.8. The number of likely N-dealkylation sites (tertiary alicyclic amines) is 1. The van der Waals surface area contributed by atoms with E-state index in [1.54, 1.807) is 0 Å². The highest BCUT2D eigenvalue weighted by molar-refractivity contribution is 7.13. The molecule has 1 aliphatic heterocycles. The van der Waals surface area contributed by atoms with Gasteiger partial charge in [-0.3, -0.25) is 4.79 Å². The normalized spacial score (nSPS) is 15.9. The number of hydrogen-bond donors (Lipinski definition) is 2. The molecule has 1 fully saturated rings. The highest BCUT2D eigenvalue weighted by Crippen LogP contribution is 2.30. The number of urea groups is 1. The molecule has 1 atom stereocenters. The molecule has 32 heavy (non-hydrogen) atoms. The Balaban J connectivity index is 1.38. The topological polar surface area (TPSA) is 87.2 Å². The lowest BCUT2D eigenvalue weighted by molar-refractivity contribution is 0.102. The quantitative estimate of drug-likeness (QED) is 0.569. The van der Waals surface area contributed by atoms with Crippen LogP contribution in [0.5, 0.6) is 0 Å². The van der Waals surface area contributed by atoms with Crippen molar-refractivity contribution in [2.24, 2.45) is 0 Å². The van der Waals surface area contributed by atoms with E-state index < -0.39 is 0 Å². The first kappa shape index (κ1) is 22.0. The van der Waals surface area contributed by atoms with Crippen LogP contribution in [-0.4, -0.2) is 40.1 Å². The third-order valence-corrected chi connectivity index (χ3v) is 6.78. The molecule has 1 saturated heterocycles. The van der Waals surface area contributed by atoms with Gasteiger partial charge in [0.2, 0.25) is 5.01 Å². The Morgan fingerprint density at radius 2 is 1.88 bits per heavy atom. The van der Waals surface area contributed by atoms with Gasteiger partial charge in [-0.25, -0.2) is 4.79 Å². The first-order valence-electron chi connectivity index (χ1n) is 10.9. The van der Waals surface area contributed by atoms with Crippen molar-refractivity contribution in [1.82, 2.24) is 15.1 Å². The summed E-state index contributed by atoms with van der Waals surface area (Å²) >= 11 is 1.30.